The van der Waals surface area contributed by atoms with Gasteiger partial charge in [0.05, 0.1) is 4.47 Å². The summed E-state index contributed by atoms with van der Waals surface area (Å²) in [5.74, 6) is 2.25. The molecule has 1 heterocycles. The smallest absolute Gasteiger partial charge is 0.159 e. The fraction of sp³-hybridized carbons (Fsp3) is 0.667. The molecule has 0 radical (unpaired) electrons. The molecular weight excluding hydrogens is 282 g/mol. The number of aromatic nitrogens is 2. The van der Waals surface area contributed by atoms with Crippen molar-refractivity contribution in [3.63, 3.8) is 0 Å². The van der Waals surface area contributed by atoms with Crippen molar-refractivity contribution in [3.8, 4) is 0 Å². The van der Waals surface area contributed by atoms with Crippen molar-refractivity contribution in [1.82, 2.24) is 9.97 Å². The van der Waals surface area contributed by atoms with E-state index in [1.54, 1.807) is 6.20 Å². The van der Waals surface area contributed by atoms with E-state index in [0.29, 0.717) is 12.5 Å². The largest absolute Gasteiger partial charge is 0.370 e. The second kappa shape index (κ2) is 5.78. The van der Waals surface area contributed by atoms with Gasteiger partial charge in [-0.1, -0.05) is 0 Å². The zero-order valence-electron chi connectivity index (χ0n) is 10.2. The van der Waals surface area contributed by atoms with Crippen LogP contribution in [0.4, 0.5) is 5.82 Å². The first kappa shape index (κ1) is 12.8. The molecule has 0 spiro atoms. The van der Waals surface area contributed by atoms with Crippen LogP contribution in [0.3, 0.4) is 0 Å². The Morgan fingerprint density at radius 3 is 2.88 bits per heavy atom. The van der Waals surface area contributed by atoms with Crippen LogP contribution in [0.1, 0.15) is 38.6 Å². The zero-order chi connectivity index (χ0) is 12.3. The molecule has 0 bridgehead atoms. The summed E-state index contributed by atoms with van der Waals surface area (Å²) in [4.78, 5) is 8.93. The molecule has 1 aromatic rings. The third-order valence-electron chi connectivity index (χ3n) is 2.76. The van der Waals surface area contributed by atoms with E-state index in [2.05, 4.69) is 38.1 Å². The summed E-state index contributed by atoms with van der Waals surface area (Å²) >= 11 is 3.44. The lowest BCUT2D eigenvalue weighted by atomic mass is 10.2. The standard InChI is InChI=1S/C12H18BrN3O/c1-3-14-11-9(13)7-15-12(16-11)10(17-4-2)8-5-6-8/h7-8,10H,3-6H2,1-2H3,(H,14,15,16). The lowest BCUT2D eigenvalue weighted by molar-refractivity contribution is 0.0401. The Hall–Kier alpha value is -0.680. The summed E-state index contributed by atoms with van der Waals surface area (Å²) in [5, 5.41) is 3.22. The fourth-order valence-corrected chi connectivity index (χ4v) is 2.14. The van der Waals surface area contributed by atoms with E-state index in [4.69, 9.17) is 4.74 Å². The third-order valence-corrected chi connectivity index (χ3v) is 3.34. The maximum atomic E-state index is 5.76. The minimum Gasteiger partial charge on any atom is -0.370 e. The van der Waals surface area contributed by atoms with Gasteiger partial charge in [0, 0.05) is 19.3 Å². The Kier molecular flexibility index (Phi) is 4.34. The number of ether oxygens (including phenoxy) is 1. The van der Waals surface area contributed by atoms with E-state index in [9.17, 15) is 0 Å². The van der Waals surface area contributed by atoms with Crippen LogP contribution in [0.25, 0.3) is 0 Å². The maximum Gasteiger partial charge on any atom is 0.159 e. The van der Waals surface area contributed by atoms with Gasteiger partial charge in [-0.3, -0.25) is 0 Å². The normalized spacial score (nSPS) is 16.9. The molecule has 1 atom stereocenters. The summed E-state index contributed by atoms with van der Waals surface area (Å²) in [5.41, 5.74) is 0. The third kappa shape index (κ3) is 3.16. The highest BCUT2D eigenvalue weighted by molar-refractivity contribution is 9.10. The molecule has 1 unspecified atom stereocenters. The minimum atomic E-state index is 0.0607. The van der Waals surface area contributed by atoms with Crippen molar-refractivity contribution in [2.45, 2.75) is 32.8 Å². The first-order valence-electron chi connectivity index (χ1n) is 6.14. The molecule has 1 N–H and O–H groups in total. The number of hydrogen-bond donors (Lipinski definition) is 1. The molecule has 1 saturated carbocycles. The van der Waals surface area contributed by atoms with Crippen molar-refractivity contribution in [1.29, 1.82) is 0 Å². The van der Waals surface area contributed by atoms with Gasteiger partial charge in [-0.25, -0.2) is 9.97 Å². The Bertz CT molecular complexity index is 382. The molecule has 4 nitrogen and oxygen atoms in total. The van der Waals surface area contributed by atoms with E-state index in [-0.39, 0.29) is 6.10 Å². The highest BCUT2D eigenvalue weighted by atomic mass is 79.9. The highest BCUT2D eigenvalue weighted by Gasteiger charge is 2.35. The van der Waals surface area contributed by atoms with Crippen molar-refractivity contribution in [3.05, 3.63) is 16.5 Å². The molecule has 0 aliphatic heterocycles. The fourth-order valence-electron chi connectivity index (χ4n) is 1.81. The van der Waals surface area contributed by atoms with Gasteiger partial charge < -0.3 is 10.1 Å². The molecule has 0 aromatic carbocycles. The number of rotatable bonds is 6. The van der Waals surface area contributed by atoms with Crippen molar-refractivity contribution in [2.75, 3.05) is 18.5 Å². The molecule has 1 aromatic heterocycles. The molecule has 1 aliphatic carbocycles. The van der Waals surface area contributed by atoms with Crippen molar-refractivity contribution >= 4 is 21.7 Å². The summed E-state index contributed by atoms with van der Waals surface area (Å²) in [6, 6.07) is 0. The molecule has 17 heavy (non-hydrogen) atoms. The SMILES string of the molecule is CCNc1nc(C(OCC)C2CC2)ncc1Br. The van der Waals surface area contributed by atoms with Crippen LogP contribution in [0, 0.1) is 5.92 Å². The lowest BCUT2D eigenvalue weighted by Gasteiger charge is -2.16. The summed E-state index contributed by atoms with van der Waals surface area (Å²) in [7, 11) is 0. The summed E-state index contributed by atoms with van der Waals surface area (Å²) in [6.45, 7) is 5.61. The predicted molar refractivity (Wildman–Crippen MR) is 71.0 cm³/mol. The lowest BCUT2D eigenvalue weighted by Crippen LogP contribution is -2.12. The van der Waals surface area contributed by atoms with Gasteiger partial charge in [-0.2, -0.15) is 0 Å². The van der Waals surface area contributed by atoms with Crippen LogP contribution in [-0.2, 0) is 4.74 Å². The van der Waals surface area contributed by atoms with Crippen LogP contribution in [0.15, 0.2) is 10.7 Å². The number of nitrogens with one attached hydrogen (secondary N) is 1. The summed E-state index contributed by atoms with van der Waals surface area (Å²) in [6.07, 6.45) is 4.31. The van der Waals surface area contributed by atoms with E-state index in [1.165, 1.54) is 12.8 Å². The van der Waals surface area contributed by atoms with Crippen LogP contribution in [0.2, 0.25) is 0 Å². The second-order valence-electron chi connectivity index (χ2n) is 4.17. The average Bonchev–Trinajstić information content (AvgIpc) is 3.14. The van der Waals surface area contributed by atoms with Crippen LogP contribution in [-0.4, -0.2) is 23.1 Å². The van der Waals surface area contributed by atoms with Crippen molar-refractivity contribution in [2.24, 2.45) is 5.92 Å². The monoisotopic (exact) mass is 299 g/mol. The van der Waals surface area contributed by atoms with Crippen LogP contribution < -0.4 is 5.32 Å². The Labute approximate surface area is 110 Å². The Morgan fingerprint density at radius 2 is 2.29 bits per heavy atom. The molecule has 2 rings (SSSR count). The molecule has 1 aliphatic rings. The molecule has 1 fully saturated rings. The molecule has 0 saturated heterocycles. The predicted octanol–water partition coefficient (Wildman–Crippen LogP) is 3.16. The van der Waals surface area contributed by atoms with Gasteiger partial charge in [0.15, 0.2) is 5.82 Å². The van der Waals surface area contributed by atoms with Crippen LogP contribution in [0.5, 0.6) is 0 Å². The first-order chi connectivity index (χ1) is 8.26. The number of anilines is 1. The molecule has 0 amide bonds. The molecule has 94 valence electrons. The topological polar surface area (TPSA) is 47.0 Å². The zero-order valence-corrected chi connectivity index (χ0v) is 11.8. The highest BCUT2D eigenvalue weighted by Crippen LogP contribution is 2.42. The van der Waals surface area contributed by atoms with Gasteiger partial charge >= 0.3 is 0 Å². The number of hydrogen-bond acceptors (Lipinski definition) is 4. The van der Waals surface area contributed by atoms with Crippen molar-refractivity contribution < 1.29 is 4.74 Å². The Morgan fingerprint density at radius 1 is 1.53 bits per heavy atom. The first-order valence-corrected chi connectivity index (χ1v) is 6.93. The summed E-state index contributed by atoms with van der Waals surface area (Å²) < 4.78 is 6.65. The maximum absolute atomic E-state index is 5.76. The van der Waals surface area contributed by atoms with Gasteiger partial charge in [0.1, 0.15) is 11.9 Å². The van der Waals surface area contributed by atoms with Crippen LogP contribution >= 0.6 is 15.9 Å². The van der Waals surface area contributed by atoms with Gasteiger partial charge in [-0.05, 0) is 48.5 Å². The number of halogens is 1. The second-order valence-corrected chi connectivity index (χ2v) is 5.02. The van der Waals surface area contributed by atoms with Gasteiger partial charge in [0.25, 0.3) is 0 Å². The van der Waals surface area contributed by atoms with E-state index >= 15 is 0 Å². The molecule has 5 heteroatoms. The van der Waals surface area contributed by atoms with E-state index < -0.39 is 0 Å². The quantitative estimate of drug-likeness (QED) is 0.876. The Balaban J connectivity index is 2.20. The average molecular weight is 300 g/mol. The van der Waals surface area contributed by atoms with Gasteiger partial charge in [0.2, 0.25) is 0 Å². The van der Waals surface area contributed by atoms with E-state index in [1.807, 2.05) is 6.92 Å². The minimum absolute atomic E-state index is 0.0607. The van der Waals surface area contributed by atoms with E-state index in [0.717, 1.165) is 22.7 Å². The number of nitrogens with zero attached hydrogens (tertiary/aromatic N) is 2. The van der Waals surface area contributed by atoms with Gasteiger partial charge in [-0.15, -0.1) is 0 Å². The molecular formula is C12H18BrN3O.